The normalized spacial score (nSPS) is 25.1. The van der Waals surface area contributed by atoms with Crippen LogP contribution < -0.4 is 10.6 Å². The lowest BCUT2D eigenvalue weighted by Crippen LogP contribution is -2.59. The molecule has 0 bridgehead atoms. The van der Waals surface area contributed by atoms with Gasteiger partial charge in [-0.25, -0.2) is 0 Å². The van der Waals surface area contributed by atoms with Crippen molar-refractivity contribution in [1.82, 2.24) is 25.0 Å². The Morgan fingerprint density at radius 2 is 1.91 bits per heavy atom. The molecule has 2 aromatic rings. The third-order valence-corrected chi connectivity index (χ3v) is 7.62. The molecule has 3 aliphatic rings. The minimum atomic E-state index is 0.0515. The first-order chi connectivity index (χ1) is 16.5. The molecule has 2 atom stereocenters. The van der Waals surface area contributed by atoms with Gasteiger partial charge in [0.25, 0.3) is 0 Å². The van der Waals surface area contributed by atoms with Gasteiger partial charge in [-0.3, -0.25) is 14.7 Å². The van der Waals surface area contributed by atoms with Crippen molar-refractivity contribution < 1.29 is 9.53 Å². The SMILES string of the molecule is Nc1nnc(N2CCC(N3CC(CN4CCCCC4=O)OCC3Cc3ccc(Cl)cc3)CC2)[nH]1. The number of halogens is 1. The number of amides is 1. The molecule has 3 saturated heterocycles. The van der Waals surface area contributed by atoms with Crippen molar-refractivity contribution >= 4 is 29.4 Å². The van der Waals surface area contributed by atoms with Crippen molar-refractivity contribution in [2.45, 2.75) is 56.7 Å². The fourth-order valence-corrected chi connectivity index (χ4v) is 5.65. The summed E-state index contributed by atoms with van der Waals surface area (Å²) in [5.74, 6) is 1.37. The lowest BCUT2D eigenvalue weighted by molar-refractivity contribution is -0.139. The van der Waals surface area contributed by atoms with E-state index in [1.54, 1.807) is 0 Å². The second-order valence-electron chi connectivity index (χ2n) is 9.69. The first-order valence-electron chi connectivity index (χ1n) is 12.4. The van der Waals surface area contributed by atoms with Gasteiger partial charge in [-0.05, 0) is 49.8 Å². The number of carbonyl (C=O) groups is 1. The van der Waals surface area contributed by atoms with Crippen LogP contribution in [0.15, 0.2) is 24.3 Å². The van der Waals surface area contributed by atoms with Crippen molar-refractivity contribution in [2.75, 3.05) is 50.0 Å². The maximum atomic E-state index is 12.4. The molecule has 1 aromatic heterocycles. The molecule has 5 rings (SSSR count). The predicted octanol–water partition coefficient (Wildman–Crippen LogP) is 2.33. The van der Waals surface area contributed by atoms with Crippen LogP contribution in [-0.4, -0.2) is 88.4 Å². The maximum Gasteiger partial charge on any atom is 0.226 e. The summed E-state index contributed by atoms with van der Waals surface area (Å²) in [4.78, 5) is 22.3. The summed E-state index contributed by atoms with van der Waals surface area (Å²) in [5.41, 5.74) is 6.98. The van der Waals surface area contributed by atoms with Crippen molar-refractivity contribution in [2.24, 2.45) is 0 Å². The van der Waals surface area contributed by atoms with Gasteiger partial charge in [-0.2, -0.15) is 0 Å². The zero-order valence-corrected chi connectivity index (χ0v) is 20.3. The molecule has 0 aliphatic carbocycles. The number of morpholine rings is 1. The van der Waals surface area contributed by atoms with Crippen LogP contribution >= 0.6 is 11.6 Å². The van der Waals surface area contributed by atoms with Crippen molar-refractivity contribution in [3.05, 3.63) is 34.9 Å². The van der Waals surface area contributed by atoms with Crippen LogP contribution in [0.1, 0.15) is 37.7 Å². The summed E-state index contributed by atoms with van der Waals surface area (Å²) in [6, 6.07) is 8.88. The van der Waals surface area contributed by atoms with Gasteiger partial charge >= 0.3 is 0 Å². The lowest BCUT2D eigenvalue weighted by Gasteiger charge is -2.47. The summed E-state index contributed by atoms with van der Waals surface area (Å²) in [6.45, 7) is 4.88. The Kier molecular flexibility index (Phi) is 7.22. The van der Waals surface area contributed by atoms with E-state index in [2.05, 4.69) is 37.1 Å². The molecule has 10 heteroatoms. The zero-order chi connectivity index (χ0) is 23.5. The largest absolute Gasteiger partial charge is 0.373 e. The highest BCUT2D eigenvalue weighted by Crippen LogP contribution is 2.27. The fourth-order valence-electron chi connectivity index (χ4n) is 5.52. The molecule has 4 heterocycles. The van der Waals surface area contributed by atoms with E-state index in [0.717, 1.165) is 69.3 Å². The van der Waals surface area contributed by atoms with Crippen molar-refractivity contribution in [3.63, 3.8) is 0 Å². The molecular formula is C24H34ClN7O2. The summed E-state index contributed by atoms with van der Waals surface area (Å²) in [6.07, 6.45) is 5.80. The molecule has 1 amide bonds. The van der Waals surface area contributed by atoms with E-state index in [0.29, 0.717) is 37.6 Å². The zero-order valence-electron chi connectivity index (χ0n) is 19.5. The smallest absolute Gasteiger partial charge is 0.226 e. The number of piperidine rings is 2. The van der Waals surface area contributed by atoms with E-state index in [9.17, 15) is 4.79 Å². The van der Waals surface area contributed by atoms with Gasteiger partial charge in [-0.15, -0.1) is 10.2 Å². The van der Waals surface area contributed by atoms with Gasteiger partial charge in [0.2, 0.25) is 17.8 Å². The molecule has 0 radical (unpaired) electrons. The number of nitrogen functional groups attached to an aromatic ring is 1. The molecule has 2 unspecified atom stereocenters. The predicted molar refractivity (Wildman–Crippen MR) is 132 cm³/mol. The number of nitrogens with two attached hydrogens (primary N) is 1. The monoisotopic (exact) mass is 487 g/mol. The number of anilines is 2. The average molecular weight is 488 g/mol. The van der Waals surface area contributed by atoms with Crippen LogP contribution in [0.4, 0.5) is 11.9 Å². The third kappa shape index (κ3) is 5.47. The molecular weight excluding hydrogens is 454 g/mol. The van der Waals surface area contributed by atoms with Crippen LogP contribution in [0.25, 0.3) is 0 Å². The van der Waals surface area contributed by atoms with Crippen LogP contribution in [0, 0.1) is 0 Å². The quantitative estimate of drug-likeness (QED) is 0.644. The molecule has 3 N–H and O–H groups in total. The molecule has 3 fully saturated rings. The number of aromatic amines is 1. The third-order valence-electron chi connectivity index (χ3n) is 7.36. The summed E-state index contributed by atoms with van der Waals surface area (Å²) >= 11 is 6.10. The van der Waals surface area contributed by atoms with Gasteiger partial charge < -0.3 is 20.3 Å². The van der Waals surface area contributed by atoms with E-state index >= 15 is 0 Å². The number of benzene rings is 1. The number of hydrogen-bond donors (Lipinski definition) is 2. The van der Waals surface area contributed by atoms with Crippen LogP contribution in [0.5, 0.6) is 0 Å². The minimum absolute atomic E-state index is 0.0515. The van der Waals surface area contributed by atoms with Crippen molar-refractivity contribution in [3.8, 4) is 0 Å². The topological polar surface area (TPSA) is 104 Å². The van der Waals surface area contributed by atoms with Crippen molar-refractivity contribution in [1.29, 1.82) is 0 Å². The summed E-state index contributed by atoms with van der Waals surface area (Å²) < 4.78 is 6.34. The maximum absolute atomic E-state index is 12.4. The van der Waals surface area contributed by atoms with Gasteiger partial charge in [0.1, 0.15) is 0 Å². The summed E-state index contributed by atoms with van der Waals surface area (Å²) in [7, 11) is 0. The molecule has 0 spiro atoms. The van der Waals surface area contributed by atoms with Crippen LogP contribution in [-0.2, 0) is 16.0 Å². The number of H-pyrrole nitrogens is 1. The number of rotatable bonds is 6. The number of carbonyl (C=O) groups excluding carboxylic acids is 1. The second kappa shape index (κ2) is 10.5. The van der Waals surface area contributed by atoms with Gasteiger partial charge in [-0.1, -0.05) is 23.7 Å². The molecule has 184 valence electrons. The fraction of sp³-hybridized carbons (Fsp3) is 0.625. The number of likely N-dealkylation sites (tertiary alicyclic amines) is 1. The van der Waals surface area contributed by atoms with E-state index in [-0.39, 0.29) is 12.0 Å². The van der Waals surface area contributed by atoms with E-state index < -0.39 is 0 Å². The van der Waals surface area contributed by atoms with Crippen LogP contribution in [0.3, 0.4) is 0 Å². The average Bonchev–Trinajstić information content (AvgIpc) is 3.29. The Labute approximate surface area is 205 Å². The van der Waals surface area contributed by atoms with E-state index in [4.69, 9.17) is 22.1 Å². The molecule has 9 nitrogen and oxygen atoms in total. The first kappa shape index (κ1) is 23.4. The highest BCUT2D eigenvalue weighted by atomic mass is 35.5. The molecule has 1 aromatic carbocycles. The Morgan fingerprint density at radius 3 is 2.62 bits per heavy atom. The Morgan fingerprint density at radius 1 is 1.12 bits per heavy atom. The van der Waals surface area contributed by atoms with E-state index in [1.807, 2.05) is 17.0 Å². The second-order valence-corrected chi connectivity index (χ2v) is 10.1. The molecule has 34 heavy (non-hydrogen) atoms. The number of nitrogens with zero attached hydrogens (tertiary/aromatic N) is 5. The van der Waals surface area contributed by atoms with Gasteiger partial charge in [0.05, 0.1) is 12.7 Å². The lowest BCUT2D eigenvalue weighted by atomic mass is 9.96. The number of hydrogen-bond acceptors (Lipinski definition) is 7. The van der Waals surface area contributed by atoms with Gasteiger partial charge in [0, 0.05) is 56.3 Å². The number of ether oxygens (including phenoxy) is 1. The number of nitrogens with one attached hydrogen (secondary N) is 1. The Balaban J connectivity index is 1.26. The standard InChI is InChI=1S/C24H34ClN7O2/c25-18-6-4-17(5-7-18)13-20-16-34-21(14-31-10-2-1-3-22(31)33)15-32(20)19-8-11-30(12-9-19)24-27-23(26)28-29-24/h4-7,19-21H,1-3,8-16H2,(H3,26,27,28,29). The highest BCUT2D eigenvalue weighted by Gasteiger charge is 2.37. The number of aromatic nitrogens is 3. The first-order valence-corrected chi connectivity index (χ1v) is 12.8. The Hall–Kier alpha value is -2.36. The Bertz CT molecular complexity index is 960. The van der Waals surface area contributed by atoms with Gasteiger partial charge in [0.15, 0.2) is 0 Å². The summed E-state index contributed by atoms with van der Waals surface area (Å²) in [5, 5.41) is 8.81. The van der Waals surface area contributed by atoms with E-state index in [1.165, 1.54) is 5.56 Å². The molecule has 3 aliphatic heterocycles. The van der Waals surface area contributed by atoms with Crippen LogP contribution in [0.2, 0.25) is 5.02 Å². The highest BCUT2D eigenvalue weighted by molar-refractivity contribution is 6.30. The molecule has 0 saturated carbocycles. The minimum Gasteiger partial charge on any atom is -0.373 e.